The van der Waals surface area contributed by atoms with Crippen LogP contribution in [0.5, 0.6) is 0 Å². The van der Waals surface area contributed by atoms with Crippen molar-refractivity contribution in [1.29, 1.82) is 5.41 Å². The van der Waals surface area contributed by atoms with Crippen molar-refractivity contribution < 1.29 is 9.90 Å². The number of benzene rings is 1. The minimum absolute atomic E-state index is 0.000159. The summed E-state index contributed by atoms with van der Waals surface area (Å²) in [6, 6.07) is 7.10. The van der Waals surface area contributed by atoms with E-state index in [9.17, 15) is 4.79 Å². The second kappa shape index (κ2) is 4.59. The van der Waals surface area contributed by atoms with Crippen LogP contribution in [0.4, 0.5) is 0 Å². The van der Waals surface area contributed by atoms with E-state index in [4.69, 9.17) is 16.2 Å². The molecule has 0 bridgehead atoms. The maximum atomic E-state index is 10.7. The maximum absolute atomic E-state index is 10.7. The first kappa shape index (κ1) is 11.2. The third kappa shape index (κ3) is 3.09. The Hall–Kier alpha value is -1.84. The highest BCUT2D eigenvalue weighted by atomic mass is 16.4. The van der Waals surface area contributed by atoms with Crippen LogP contribution in [0.3, 0.4) is 0 Å². The zero-order chi connectivity index (χ0) is 11.4. The van der Waals surface area contributed by atoms with E-state index in [1.165, 1.54) is 0 Å². The zero-order valence-corrected chi connectivity index (χ0v) is 8.53. The highest BCUT2D eigenvalue weighted by Gasteiger charge is 2.11. The summed E-state index contributed by atoms with van der Waals surface area (Å²) in [5.74, 6) is -1.24. The van der Waals surface area contributed by atoms with Gasteiger partial charge < -0.3 is 10.8 Å². The summed E-state index contributed by atoms with van der Waals surface area (Å²) in [5, 5.41) is 16.0. The quantitative estimate of drug-likeness (QED) is 0.511. The molecule has 0 amide bonds. The van der Waals surface area contributed by atoms with Crippen LogP contribution < -0.4 is 5.73 Å². The minimum Gasteiger partial charge on any atom is -0.481 e. The number of amidine groups is 1. The van der Waals surface area contributed by atoms with E-state index in [2.05, 4.69) is 0 Å². The smallest absolute Gasteiger partial charge is 0.306 e. The van der Waals surface area contributed by atoms with Gasteiger partial charge in [-0.3, -0.25) is 10.2 Å². The van der Waals surface area contributed by atoms with E-state index in [0.717, 1.165) is 5.56 Å². The van der Waals surface area contributed by atoms with E-state index < -0.39 is 11.9 Å². The van der Waals surface area contributed by atoms with Gasteiger partial charge >= 0.3 is 5.97 Å². The summed E-state index contributed by atoms with van der Waals surface area (Å²) in [6.07, 6.45) is 0.455. The lowest BCUT2D eigenvalue weighted by Gasteiger charge is -2.07. The molecule has 1 rings (SSSR count). The Labute approximate surface area is 88.2 Å². The number of nitrogens with two attached hydrogens (primary N) is 1. The summed E-state index contributed by atoms with van der Waals surface area (Å²) in [7, 11) is 0. The van der Waals surface area contributed by atoms with E-state index in [0.29, 0.717) is 12.0 Å². The first-order valence-electron chi connectivity index (χ1n) is 4.67. The molecule has 0 saturated heterocycles. The Morgan fingerprint density at radius 2 is 2.27 bits per heavy atom. The maximum Gasteiger partial charge on any atom is 0.306 e. The third-order valence-corrected chi connectivity index (χ3v) is 2.20. The van der Waals surface area contributed by atoms with Crippen molar-refractivity contribution in [3.8, 4) is 0 Å². The monoisotopic (exact) mass is 206 g/mol. The summed E-state index contributed by atoms with van der Waals surface area (Å²) < 4.78 is 0. The average molecular weight is 206 g/mol. The van der Waals surface area contributed by atoms with Crippen molar-refractivity contribution in [3.05, 3.63) is 35.4 Å². The summed E-state index contributed by atoms with van der Waals surface area (Å²) in [4.78, 5) is 10.7. The molecule has 4 nitrogen and oxygen atoms in total. The highest BCUT2D eigenvalue weighted by molar-refractivity contribution is 5.95. The van der Waals surface area contributed by atoms with Crippen LogP contribution in [-0.2, 0) is 11.2 Å². The molecule has 1 aromatic rings. The highest BCUT2D eigenvalue weighted by Crippen LogP contribution is 2.10. The van der Waals surface area contributed by atoms with Gasteiger partial charge in [0.1, 0.15) is 5.84 Å². The number of carbonyl (C=O) groups is 1. The Bertz CT molecular complexity index is 388. The van der Waals surface area contributed by atoms with Crippen molar-refractivity contribution in [2.45, 2.75) is 13.3 Å². The predicted octanol–water partition coefficient (Wildman–Crippen LogP) is 1.23. The van der Waals surface area contributed by atoms with Gasteiger partial charge in [0.25, 0.3) is 0 Å². The van der Waals surface area contributed by atoms with Gasteiger partial charge in [0.2, 0.25) is 0 Å². The van der Waals surface area contributed by atoms with Crippen LogP contribution in [0.2, 0.25) is 0 Å². The summed E-state index contributed by atoms with van der Waals surface area (Å²) in [5.41, 5.74) is 6.86. The van der Waals surface area contributed by atoms with Crippen LogP contribution in [0.1, 0.15) is 18.1 Å². The number of rotatable bonds is 4. The molecule has 0 aliphatic carbocycles. The average Bonchev–Trinajstić information content (AvgIpc) is 2.18. The molecular weight excluding hydrogens is 192 g/mol. The molecule has 1 atom stereocenters. The number of aliphatic carboxylic acids is 1. The van der Waals surface area contributed by atoms with Crippen molar-refractivity contribution in [2.75, 3.05) is 0 Å². The molecule has 0 spiro atoms. The first-order valence-corrected chi connectivity index (χ1v) is 4.67. The van der Waals surface area contributed by atoms with Crippen molar-refractivity contribution in [1.82, 2.24) is 0 Å². The number of hydrogen-bond donors (Lipinski definition) is 3. The van der Waals surface area contributed by atoms with Gasteiger partial charge in [-0.05, 0) is 18.1 Å². The molecule has 80 valence electrons. The van der Waals surface area contributed by atoms with E-state index >= 15 is 0 Å². The molecule has 4 N–H and O–H groups in total. The van der Waals surface area contributed by atoms with Gasteiger partial charge in [-0.1, -0.05) is 25.1 Å². The molecule has 1 aromatic carbocycles. The SMILES string of the molecule is C[C@@H](Cc1cccc(C(=N)N)c1)C(=O)O. The van der Waals surface area contributed by atoms with Crippen LogP contribution in [-0.4, -0.2) is 16.9 Å². The van der Waals surface area contributed by atoms with E-state index in [1.54, 1.807) is 25.1 Å². The molecular formula is C11H14N2O2. The molecule has 0 aliphatic rings. The van der Waals surface area contributed by atoms with Gasteiger partial charge in [0.15, 0.2) is 0 Å². The lowest BCUT2D eigenvalue weighted by molar-refractivity contribution is -0.141. The fourth-order valence-corrected chi connectivity index (χ4v) is 1.31. The summed E-state index contributed by atoms with van der Waals surface area (Å²) in [6.45, 7) is 1.66. The molecule has 0 fully saturated rings. The Kier molecular flexibility index (Phi) is 3.44. The lowest BCUT2D eigenvalue weighted by atomic mass is 9.99. The Morgan fingerprint density at radius 3 is 2.80 bits per heavy atom. The van der Waals surface area contributed by atoms with Gasteiger partial charge in [-0.15, -0.1) is 0 Å². The molecule has 0 saturated carbocycles. The minimum atomic E-state index is -0.816. The topological polar surface area (TPSA) is 87.2 Å². The fourth-order valence-electron chi connectivity index (χ4n) is 1.31. The van der Waals surface area contributed by atoms with Crippen LogP contribution in [0.25, 0.3) is 0 Å². The van der Waals surface area contributed by atoms with Gasteiger partial charge in [0, 0.05) is 5.56 Å². The lowest BCUT2D eigenvalue weighted by Crippen LogP contribution is -2.14. The largest absolute Gasteiger partial charge is 0.481 e. The second-order valence-corrected chi connectivity index (χ2v) is 3.56. The van der Waals surface area contributed by atoms with Crippen molar-refractivity contribution in [2.24, 2.45) is 11.7 Å². The second-order valence-electron chi connectivity index (χ2n) is 3.56. The Balaban J connectivity index is 2.82. The molecule has 0 heterocycles. The summed E-state index contributed by atoms with van der Waals surface area (Å²) >= 11 is 0. The normalized spacial score (nSPS) is 12.1. The number of nitrogen functional groups attached to an aromatic ring is 1. The third-order valence-electron chi connectivity index (χ3n) is 2.20. The van der Waals surface area contributed by atoms with Crippen molar-refractivity contribution in [3.63, 3.8) is 0 Å². The Morgan fingerprint density at radius 1 is 1.60 bits per heavy atom. The fraction of sp³-hybridized carbons (Fsp3) is 0.273. The zero-order valence-electron chi connectivity index (χ0n) is 8.53. The molecule has 0 aromatic heterocycles. The molecule has 0 radical (unpaired) electrons. The number of carboxylic acids is 1. The number of hydrogen-bond acceptors (Lipinski definition) is 2. The molecule has 0 unspecified atom stereocenters. The van der Waals surface area contributed by atoms with Crippen molar-refractivity contribution >= 4 is 11.8 Å². The number of nitrogens with one attached hydrogen (secondary N) is 1. The van der Waals surface area contributed by atoms with E-state index in [-0.39, 0.29) is 5.84 Å². The number of carboxylic acid groups (broad SMARTS) is 1. The molecule has 0 aliphatic heterocycles. The molecule has 15 heavy (non-hydrogen) atoms. The van der Waals surface area contributed by atoms with Crippen LogP contribution in [0, 0.1) is 11.3 Å². The van der Waals surface area contributed by atoms with Crippen LogP contribution in [0.15, 0.2) is 24.3 Å². The van der Waals surface area contributed by atoms with Gasteiger partial charge in [-0.25, -0.2) is 0 Å². The van der Waals surface area contributed by atoms with Gasteiger partial charge in [0.05, 0.1) is 5.92 Å². The first-order chi connectivity index (χ1) is 7.00. The van der Waals surface area contributed by atoms with Crippen LogP contribution >= 0.6 is 0 Å². The predicted molar refractivity (Wildman–Crippen MR) is 58.0 cm³/mol. The standard InChI is InChI=1S/C11H14N2O2/c1-7(11(14)15)5-8-3-2-4-9(6-8)10(12)13/h2-4,6-7H,5H2,1H3,(H3,12,13)(H,14,15)/t7-/m0/s1. The van der Waals surface area contributed by atoms with Gasteiger partial charge in [-0.2, -0.15) is 0 Å². The molecule has 4 heteroatoms. The van der Waals surface area contributed by atoms with E-state index in [1.807, 2.05) is 6.07 Å².